The highest BCUT2D eigenvalue weighted by Gasteiger charge is 2.55. The third-order valence-electron chi connectivity index (χ3n) is 21.6. The van der Waals surface area contributed by atoms with Gasteiger partial charge in [0.2, 0.25) is 76.8 Å². The molecule has 51 nitrogen and oxygen atoms in total. The number of carboxylic acids is 1. The zero-order chi connectivity index (χ0) is 93.2. The number of hydrogen-bond donors (Lipinski definition) is 27. The molecule has 6 aliphatic rings. The average Bonchev–Trinajstić information content (AvgIpc) is 1.00. The third kappa shape index (κ3) is 27.1. The standard InChI is InChI=1S/C73H122N14O37/c1-24(2)43(80-67(114)47(84-66(113)45(27(5)92)82-63(110)42(74)25(3)90)29(7)119-72-51(78-33(11)96)59(106)55(102)39(123-72)22-117-70-49(76-31(9)94)57(104)53(100)37(20-88)121-70)65(112)83-46(28(6)93)68(115)86-17-13-16-36(86)62(109)85-48(69(116)87-18-14-15-35(87)61(108)81-44(26(4)91)64(111)75-19-41(98)99)30(8)120-73-52(79-34(12)97)60(107)56(103)40(124-73)23-118-71-50(77-32(10)95)58(105)54(101)38(21-89)122-71/h24-30,35-40,42-60,70-73,88-93,100-107H,13-23,74H2,1-12H3,(H,75,111)(H,76,94)(H,77,95)(H,78,96)(H,79,97)(H,80,114)(H,81,108)(H,82,110)(H,83,112)(H,84,113)(H,85,109)(H,98,99)/t25-,26-,27-,28-,29-,30-,35+,36+,37-,38-,39-,40-,42+,43+,44+,45+,46+,47+,48+,49-,50-,51-,52-,53-,54-,55+,56+,57-,58-,59-,60-,70-,71-,72+,73+/m1/s1. The Kier molecular flexibility index (Phi) is 39.5. The van der Waals surface area contributed by atoms with Gasteiger partial charge in [0.05, 0.1) is 63.1 Å². The molecule has 0 aromatic heterocycles. The first-order valence-electron chi connectivity index (χ1n) is 40.3. The predicted octanol–water partition coefficient (Wildman–Crippen LogP) is -15.8. The predicted molar refractivity (Wildman–Crippen MR) is 412 cm³/mol. The third-order valence-corrected chi connectivity index (χ3v) is 21.6. The lowest BCUT2D eigenvalue weighted by Gasteiger charge is -2.45. The molecule has 6 rings (SSSR count). The Balaban J connectivity index is 1.33. The van der Waals surface area contributed by atoms with E-state index in [1.165, 1.54) is 20.8 Å². The van der Waals surface area contributed by atoms with Crippen LogP contribution >= 0.6 is 0 Å². The molecule has 0 aromatic carbocycles. The normalized spacial score (nSPS) is 32.1. The van der Waals surface area contributed by atoms with E-state index in [4.69, 9.17) is 43.6 Å². The molecule has 13 amide bonds. The summed E-state index contributed by atoms with van der Waals surface area (Å²) in [4.78, 5) is 194. The number of carboxylic acid groups (broad SMARTS) is 1. The summed E-state index contributed by atoms with van der Waals surface area (Å²) in [6.45, 7) is 8.50. The molecule has 0 bridgehead atoms. The molecule has 124 heavy (non-hydrogen) atoms. The smallest absolute Gasteiger partial charge is 0.322 e. The number of aliphatic carboxylic acids is 1. The summed E-state index contributed by atoms with van der Waals surface area (Å²) in [5, 5.41) is 187. The minimum Gasteiger partial charge on any atom is -0.480 e. The van der Waals surface area contributed by atoms with Crippen LogP contribution in [-0.2, 0) is 105 Å². The van der Waals surface area contributed by atoms with Crippen LogP contribution in [0.1, 0.15) is 109 Å². The second kappa shape index (κ2) is 46.9. The zero-order valence-electron chi connectivity index (χ0n) is 70.2. The zero-order valence-corrected chi connectivity index (χ0v) is 70.2. The van der Waals surface area contributed by atoms with Crippen LogP contribution in [0, 0.1) is 5.92 Å². The van der Waals surface area contributed by atoms with Gasteiger partial charge in [-0.2, -0.15) is 0 Å². The van der Waals surface area contributed by atoms with E-state index >= 15 is 19.2 Å². The first-order valence-corrected chi connectivity index (χ1v) is 40.3. The monoisotopic (exact) mass is 1790 g/mol. The fourth-order valence-electron chi connectivity index (χ4n) is 14.8. The maximum Gasteiger partial charge on any atom is 0.322 e. The van der Waals surface area contributed by atoms with E-state index < -0.39 is 335 Å². The molecule has 0 saturated carbocycles. The summed E-state index contributed by atoms with van der Waals surface area (Å²) >= 11 is 0. The van der Waals surface area contributed by atoms with Gasteiger partial charge in [-0.1, -0.05) is 13.8 Å². The van der Waals surface area contributed by atoms with Crippen molar-refractivity contribution in [3.63, 3.8) is 0 Å². The average molecular weight is 1790 g/mol. The second-order valence-corrected chi connectivity index (χ2v) is 31.9. The van der Waals surface area contributed by atoms with E-state index in [0.29, 0.717) is 0 Å². The van der Waals surface area contributed by atoms with Crippen molar-refractivity contribution in [3.8, 4) is 0 Å². The Hall–Kier alpha value is -8.34. The molecule has 28 N–H and O–H groups in total. The van der Waals surface area contributed by atoms with E-state index in [-0.39, 0.29) is 38.8 Å². The van der Waals surface area contributed by atoms with Crippen LogP contribution in [0.5, 0.6) is 0 Å². The van der Waals surface area contributed by atoms with E-state index in [1.54, 1.807) is 0 Å². The summed E-state index contributed by atoms with van der Waals surface area (Å²) in [6, 6.07) is -23.5. The van der Waals surface area contributed by atoms with Crippen molar-refractivity contribution in [1.82, 2.24) is 68.3 Å². The molecule has 51 heteroatoms. The maximum atomic E-state index is 15.5. The van der Waals surface area contributed by atoms with Crippen molar-refractivity contribution in [3.05, 3.63) is 0 Å². The lowest BCUT2D eigenvalue weighted by molar-refractivity contribution is -0.308. The molecule has 0 unspecified atom stereocenters. The van der Waals surface area contributed by atoms with Crippen molar-refractivity contribution in [2.75, 3.05) is 46.1 Å². The first-order chi connectivity index (χ1) is 58.0. The number of nitrogens with two attached hydrogens (primary N) is 1. The fourth-order valence-corrected chi connectivity index (χ4v) is 14.8. The van der Waals surface area contributed by atoms with Crippen LogP contribution in [0.25, 0.3) is 0 Å². The summed E-state index contributed by atoms with van der Waals surface area (Å²) in [7, 11) is 0. The van der Waals surface area contributed by atoms with Gasteiger partial charge in [0.25, 0.3) is 0 Å². The molecule has 6 saturated heterocycles. The van der Waals surface area contributed by atoms with Crippen LogP contribution in [0.15, 0.2) is 0 Å². The number of aliphatic hydroxyl groups excluding tert-OH is 14. The molecule has 6 fully saturated rings. The van der Waals surface area contributed by atoms with Crippen LogP contribution in [0.2, 0.25) is 0 Å². The van der Waals surface area contributed by atoms with Gasteiger partial charge >= 0.3 is 5.97 Å². The number of rotatable bonds is 40. The topological polar surface area (TPSA) is 781 Å². The van der Waals surface area contributed by atoms with Crippen molar-refractivity contribution >= 4 is 82.8 Å². The molecule has 0 spiro atoms. The number of hydrogen-bond acceptors (Lipinski definition) is 37. The van der Waals surface area contributed by atoms with Gasteiger partial charge in [0.1, 0.15) is 158 Å². The van der Waals surface area contributed by atoms with Crippen molar-refractivity contribution < 1.29 is 182 Å². The van der Waals surface area contributed by atoms with E-state index in [0.717, 1.165) is 72.1 Å². The summed E-state index contributed by atoms with van der Waals surface area (Å²) < 4.78 is 47.7. The SMILES string of the molecule is CC(=O)N[C@H]1[C@@H](O[C@H](C)[C@H](NC(=O)[C@@H](NC(=O)[C@@H](N)[C@@H](C)O)[C@@H](C)O)C(=O)N[C@H](C(=O)N[C@H](C(=O)N2CCC[C@H]2C(=O)N[C@H](C(=O)N2CCC[C@H]2C(=O)N[C@H](C(=O)NCC(=O)O)[C@@H](C)O)[C@@H](C)O[C@H]2O[C@H](CO[C@@H]3O[C@H](CO)[C@@H](O)[C@H](O)[C@H]3NC(C)=O)[C@H](O)[C@H](O)[C@H]2NC(C)=O)[C@@H](C)O)C(C)C)O[C@H](CO[C@@H]2O[C@H](CO)[C@@H](O)[C@H](O)[C@H]2NC(C)=O)[C@H](O)[C@@H]1O. The summed E-state index contributed by atoms with van der Waals surface area (Å²) in [5.74, 6) is -16.6. The van der Waals surface area contributed by atoms with E-state index in [2.05, 4.69) is 53.2 Å². The highest BCUT2D eigenvalue weighted by Crippen LogP contribution is 2.32. The highest BCUT2D eigenvalue weighted by atomic mass is 16.7. The number of likely N-dealkylation sites (tertiary alicyclic amines) is 2. The Morgan fingerprint density at radius 2 is 0.710 bits per heavy atom. The van der Waals surface area contributed by atoms with Crippen molar-refractivity contribution in [2.45, 2.75) is 322 Å². The summed E-state index contributed by atoms with van der Waals surface area (Å²) in [6.07, 6.45) is -40.2. The minimum absolute atomic E-state index is 0.00172. The van der Waals surface area contributed by atoms with Gasteiger partial charge in [0, 0.05) is 40.8 Å². The molecule has 35 atom stereocenters. The Morgan fingerprint density at radius 1 is 0.395 bits per heavy atom. The Morgan fingerprint density at radius 3 is 1.07 bits per heavy atom. The highest BCUT2D eigenvalue weighted by molar-refractivity contribution is 5.99. The molecule has 0 aromatic rings. The van der Waals surface area contributed by atoms with Gasteiger partial charge < -0.3 is 189 Å². The Labute approximate surface area is 710 Å². The van der Waals surface area contributed by atoms with Gasteiger partial charge in [0.15, 0.2) is 25.2 Å². The van der Waals surface area contributed by atoms with E-state index in [1.807, 2.05) is 5.32 Å². The summed E-state index contributed by atoms with van der Waals surface area (Å²) in [5.41, 5.74) is 5.84. The molecule has 0 radical (unpaired) electrons. The fraction of sp³-hybridized carbons (Fsp3) is 0.808. The largest absolute Gasteiger partial charge is 0.480 e. The van der Waals surface area contributed by atoms with Crippen molar-refractivity contribution in [1.29, 1.82) is 0 Å². The molecule has 706 valence electrons. The van der Waals surface area contributed by atoms with Crippen LogP contribution in [0.3, 0.4) is 0 Å². The van der Waals surface area contributed by atoms with Crippen molar-refractivity contribution in [2.24, 2.45) is 11.7 Å². The number of amides is 13. The van der Waals surface area contributed by atoms with Gasteiger partial charge in [-0.05, 0) is 73.1 Å². The number of carbonyl (C=O) groups is 14. The molecule has 6 aliphatic heterocycles. The number of ether oxygens (including phenoxy) is 8. The molecular weight excluding hydrogens is 1660 g/mol. The minimum atomic E-state index is -2.18. The van der Waals surface area contributed by atoms with Crippen LogP contribution < -0.4 is 64.2 Å². The van der Waals surface area contributed by atoms with Gasteiger partial charge in [-0.3, -0.25) is 67.1 Å². The maximum absolute atomic E-state index is 15.5. The lowest BCUT2D eigenvalue weighted by Crippen LogP contribution is -2.68. The molecule has 6 heterocycles. The van der Waals surface area contributed by atoms with E-state index in [9.17, 15) is 125 Å². The number of aliphatic hydroxyl groups is 14. The molecular formula is C73H122N14O37. The number of nitrogens with zero attached hydrogens (tertiary/aromatic N) is 2. The first kappa shape index (κ1) is 104. The van der Waals surface area contributed by atoms with Gasteiger partial charge in [-0.15, -0.1) is 0 Å². The Bertz CT molecular complexity index is 3670. The quantitative estimate of drug-likeness (QED) is 0.0271. The van der Waals surface area contributed by atoms with Crippen LogP contribution in [0.4, 0.5) is 0 Å². The van der Waals surface area contributed by atoms with Gasteiger partial charge in [-0.25, -0.2) is 0 Å². The second-order valence-electron chi connectivity index (χ2n) is 31.9. The number of nitrogens with one attached hydrogen (secondary N) is 11. The lowest BCUT2D eigenvalue weighted by atomic mass is 9.96. The molecule has 0 aliphatic carbocycles. The van der Waals surface area contributed by atoms with Crippen LogP contribution in [-0.4, -0.2) is 429 Å². The number of carbonyl (C=O) groups excluding carboxylic acids is 13.